The van der Waals surface area contributed by atoms with Crippen LogP contribution in [0.4, 0.5) is 0 Å². The minimum absolute atomic E-state index is 0.149. The van der Waals surface area contributed by atoms with Crippen LogP contribution < -0.4 is 0 Å². The molecule has 0 bridgehead atoms. The SMILES string of the molecule is CC(C)SCC(O)CCc1cccs1. The van der Waals surface area contributed by atoms with Crippen molar-refractivity contribution in [1.82, 2.24) is 0 Å². The highest BCUT2D eigenvalue weighted by Crippen LogP contribution is 2.16. The van der Waals surface area contributed by atoms with E-state index in [4.69, 9.17) is 0 Å². The number of rotatable bonds is 6. The summed E-state index contributed by atoms with van der Waals surface area (Å²) in [4.78, 5) is 1.37. The Morgan fingerprint density at radius 2 is 2.29 bits per heavy atom. The molecule has 0 aromatic carbocycles. The van der Waals surface area contributed by atoms with Crippen LogP contribution in [0.15, 0.2) is 17.5 Å². The summed E-state index contributed by atoms with van der Waals surface area (Å²) in [7, 11) is 0. The summed E-state index contributed by atoms with van der Waals surface area (Å²) in [5.74, 6) is 0.864. The fourth-order valence-electron chi connectivity index (χ4n) is 1.15. The van der Waals surface area contributed by atoms with Crippen molar-refractivity contribution in [2.24, 2.45) is 0 Å². The number of hydrogen-bond donors (Lipinski definition) is 1. The Kier molecular flexibility index (Phi) is 5.60. The molecule has 1 unspecified atom stereocenters. The fraction of sp³-hybridized carbons (Fsp3) is 0.636. The molecule has 0 aliphatic heterocycles. The predicted octanol–water partition coefficient (Wildman–Crippen LogP) is 3.18. The van der Waals surface area contributed by atoms with E-state index in [2.05, 4.69) is 31.4 Å². The van der Waals surface area contributed by atoms with Gasteiger partial charge in [-0.3, -0.25) is 0 Å². The predicted molar refractivity (Wildman–Crippen MR) is 66.2 cm³/mol. The highest BCUT2D eigenvalue weighted by atomic mass is 32.2. The molecule has 1 atom stereocenters. The van der Waals surface area contributed by atoms with E-state index in [0.717, 1.165) is 18.6 Å². The zero-order chi connectivity index (χ0) is 10.4. The number of thioether (sulfide) groups is 1. The number of aliphatic hydroxyl groups excluding tert-OH is 1. The molecule has 80 valence electrons. The van der Waals surface area contributed by atoms with E-state index in [1.165, 1.54) is 4.88 Å². The highest BCUT2D eigenvalue weighted by Gasteiger charge is 2.06. The summed E-state index contributed by atoms with van der Waals surface area (Å²) in [6.07, 6.45) is 1.75. The third kappa shape index (κ3) is 5.03. The van der Waals surface area contributed by atoms with Crippen molar-refractivity contribution in [3.05, 3.63) is 22.4 Å². The first kappa shape index (κ1) is 12.1. The summed E-state index contributed by atoms with van der Waals surface area (Å²) < 4.78 is 0. The maximum absolute atomic E-state index is 9.68. The molecule has 0 radical (unpaired) electrons. The summed E-state index contributed by atoms with van der Waals surface area (Å²) in [5.41, 5.74) is 0. The van der Waals surface area contributed by atoms with Crippen LogP contribution in [-0.2, 0) is 6.42 Å². The van der Waals surface area contributed by atoms with E-state index in [9.17, 15) is 5.11 Å². The van der Waals surface area contributed by atoms with E-state index in [1.807, 2.05) is 11.8 Å². The average Bonchev–Trinajstić information content (AvgIpc) is 2.63. The standard InChI is InChI=1S/C11H18OS2/c1-9(2)14-8-10(12)5-6-11-4-3-7-13-11/h3-4,7,9-10,12H,5-6,8H2,1-2H3. The van der Waals surface area contributed by atoms with Gasteiger partial charge in [0.1, 0.15) is 0 Å². The summed E-state index contributed by atoms with van der Waals surface area (Å²) in [6, 6.07) is 4.20. The second-order valence-electron chi connectivity index (χ2n) is 3.65. The molecule has 3 heteroatoms. The van der Waals surface area contributed by atoms with Crippen molar-refractivity contribution >= 4 is 23.1 Å². The second kappa shape index (κ2) is 6.49. The van der Waals surface area contributed by atoms with Gasteiger partial charge in [0.2, 0.25) is 0 Å². The van der Waals surface area contributed by atoms with Gasteiger partial charge in [0.25, 0.3) is 0 Å². The lowest BCUT2D eigenvalue weighted by molar-refractivity contribution is 0.190. The molecule has 0 saturated heterocycles. The van der Waals surface area contributed by atoms with E-state index < -0.39 is 0 Å². The Bertz CT molecular complexity index is 231. The maximum atomic E-state index is 9.68. The van der Waals surface area contributed by atoms with Crippen molar-refractivity contribution in [1.29, 1.82) is 0 Å². The van der Waals surface area contributed by atoms with Crippen molar-refractivity contribution in [3.63, 3.8) is 0 Å². The topological polar surface area (TPSA) is 20.2 Å². The largest absolute Gasteiger partial charge is 0.392 e. The monoisotopic (exact) mass is 230 g/mol. The molecule has 0 spiro atoms. The molecule has 1 heterocycles. The van der Waals surface area contributed by atoms with Crippen LogP contribution in [-0.4, -0.2) is 22.2 Å². The first-order valence-corrected chi connectivity index (χ1v) is 6.93. The van der Waals surface area contributed by atoms with Crippen LogP contribution in [0, 0.1) is 0 Å². The molecule has 1 nitrogen and oxygen atoms in total. The third-order valence-electron chi connectivity index (χ3n) is 1.93. The third-order valence-corrected chi connectivity index (χ3v) is 4.11. The highest BCUT2D eigenvalue weighted by molar-refractivity contribution is 7.99. The molecule has 0 aliphatic rings. The molecule has 14 heavy (non-hydrogen) atoms. The molecule has 0 aliphatic carbocycles. The summed E-state index contributed by atoms with van der Waals surface area (Å²) >= 11 is 3.60. The van der Waals surface area contributed by atoms with Gasteiger partial charge in [0.05, 0.1) is 6.10 Å². The molecular weight excluding hydrogens is 212 g/mol. The molecule has 0 amide bonds. The molecule has 1 aromatic rings. The molecule has 0 saturated carbocycles. The quantitative estimate of drug-likeness (QED) is 0.810. The van der Waals surface area contributed by atoms with Crippen LogP contribution in [0.3, 0.4) is 0 Å². The number of thiophene rings is 1. The lowest BCUT2D eigenvalue weighted by Gasteiger charge is -2.10. The Morgan fingerprint density at radius 1 is 1.50 bits per heavy atom. The number of aryl methyl sites for hydroxylation is 1. The molecule has 1 aromatic heterocycles. The van der Waals surface area contributed by atoms with Crippen LogP contribution >= 0.6 is 23.1 Å². The van der Waals surface area contributed by atoms with Gasteiger partial charge >= 0.3 is 0 Å². The molecular formula is C11H18OS2. The number of hydrogen-bond acceptors (Lipinski definition) is 3. The summed E-state index contributed by atoms with van der Waals surface area (Å²) in [6.45, 7) is 4.33. The number of aliphatic hydroxyl groups is 1. The van der Waals surface area contributed by atoms with E-state index in [1.54, 1.807) is 11.3 Å². The zero-order valence-electron chi connectivity index (χ0n) is 8.77. The molecule has 0 fully saturated rings. The smallest absolute Gasteiger partial charge is 0.0634 e. The van der Waals surface area contributed by atoms with Gasteiger partial charge in [0.15, 0.2) is 0 Å². The fourth-order valence-corrected chi connectivity index (χ4v) is 2.65. The van der Waals surface area contributed by atoms with Crippen molar-refractivity contribution in [2.75, 3.05) is 5.75 Å². The maximum Gasteiger partial charge on any atom is 0.0634 e. The van der Waals surface area contributed by atoms with Gasteiger partial charge < -0.3 is 5.11 Å². The summed E-state index contributed by atoms with van der Waals surface area (Å²) in [5, 5.41) is 12.4. The lowest BCUT2D eigenvalue weighted by atomic mass is 10.2. The van der Waals surface area contributed by atoms with Crippen LogP contribution in [0.5, 0.6) is 0 Å². The Labute approximate surface area is 94.5 Å². The Hall–Kier alpha value is 0.01000. The van der Waals surface area contributed by atoms with Gasteiger partial charge in [-0.25, -0.2) is 0 Å². The lowest BCUT2D eigenvalue weighted by Crippen LogP contribution is -2.12. The van der Waals surface area contributed by atoms with Gasteiger partial charge in [-0.2, -0.15) is 11.8 Å². The van der Waals surface area contributed by atoms with Gasteiger partial charge in [-0.1, -0.05) is 19.9 Å². The molecule has 1 rings (SSSR count). The normalized spacial score (nSPS) is 13.4. The minimum Gasteiger partial charge on any atom is -0.392 e. The zero-order valence-corrected chi connectivity index (χ0v) is 10.4. The van der Waals surface area contributed by atoms with Gasteiger partial charge in [-0.05, 0) is 29.5 Å². The first-order chi connectivity index (χ1) is 6.68. The average molecular weight is 230 g/mol. The van der Waals surface area contributed by atoms with Crippen molar-refractivity contribution < 1.29 is 5.11 Å². The van der Waals surface area contributed by atoms with Crippen LogP contribution in [0.2, 0.25) is 0 Å². The second-order valence-corrected chi connectivity index (χ2v) is 6.30. The van der Waals surface area contributed by atoms with Crippen LogP contribution in [0.1, 0.15) is 25.1 Å². The van der Waals surface area contributed by atoms with Crippen LogP contribution in [0.25, 0.3) is 0 Å². The minimum atomic E-state index is -0.149. The van der Waals surface area contributed by atoms with Crippen molar-refractivity contribution in [3.8, 4) is 0 Å². The van der Waals surface area contributed by atoms with Gasteiger partial charge in [0, 0.05) is 10.6 Å². The van der Waals surface area contributed by atoms with Crippen molar-refractivity contribution in [2.45, 2.75) is 38.0 Å². The van der Waals surface area contributed by atoms with E-state index in [0.29, 0.717) is 5.25 Å². The van der Waals surface area contributed by atoms with E-state index in [-0.39, 0.29) is 6.10 Å². The first-order valence-electron chi connectivity index (χ1n) is 5.00. The molecule has 1 N–H and O–H groups in total. The van der Waals surface area contributed by atoms with E-state index >= 15 is 0 Å². The Balaban J connectivity index is 2.12. The van der Waals surface area contributed by atoms with Gasteiger partial charge in [-0.15, -0.1) is 11.3 Å². The Morgan fingerprint density at radius 3 is 2.86 bits per heavy atom.